The van der Waals surface area contributed by atoms with E-state index in [0.717, 1.165) is 59.0 Å². The molecule has 0 atom stereocenters. The molecule has 1 aliphatic rings. The van der Waals surface area contributed by atoms with Crippen LogP contribution in [0.25, 0.3) is 12.2 Å². The first-order valence-corrected chi connectivity index (χ1v) is 17.4. The van der Waals surface area contributed by atoms with Crippen LogP contribution in [-0.2, 0) is 17.9 Å². The number of ether oxygens (including phenoxy) is 3. The lowest BCUT2D eigenvalue weighted by atomic mass is 10.1. The molecule has 270 valence electrons. The van der Waals surface area contributed by atoms with Crippen molar-refractivity contribution in [2.75, 3.05) is 32.8 Å². The minimum absolute atomic E-state index is 0. The van der Waals surface area contributed by atoms with E-state index in [1.807, 2.05) is 91.6 Å². The van der Waals surface area contributed by atoms with Crippen molar-refractivity contribution in [3.63, 3.8) is 0 Å². The predicted octanol–water partition coefficient (Wildman–Crippen LogP) is 8.81. The quantitative estimate of drug-likeness (QED) is 0.112. The molecule has 53 heavy (non-hydrogen) atoms. The smallest absolute Gasteiger partial charge is 0.246 e. The summed E-state index contributed by atoms with van der Waals surface area (Å²) in [6, 6.07) is 35.4. The zero-order valence-electron chi connectivity index (χ0n) is 30.0. The van der Waals surface area contributed by atoms with Crippen molar-refractivity contribution in [2.45, 2.75) is 27.0 Å². The number of carbonyl (C=O) groups is 1. The largest absolute Gasteiger partial charge is 0.490 e. The van der Waals surface area contributed by atoms with Gasteiger partial charge in [-0.05, 0) is 102 Å². The molecule has 0 saturated carbocycles. The van der Waals surface area contributed by atoms with Gasteiger partial charge in [-0.25, -0.2) is 4.98 Å². The third kappa shape index (κ3) is 11.3. The number of aromatic nitrogens is 1. The van der Waals surface area contributed by atoms with Crippen LogP contribution in [0.4, 0.5) is 0 Å². The Morgan fingerprint density at radius 3 is 2.15 bits per heavy atom. The van der Waals surface area contributed by atoms with E-state index in [1.165, 1.54) is 5.56 Å². The second-order valence-corrected chi connectivity index (χ2v) is 12.7. The number of piperazine rings is 1. The normalized spacial score (nSPS) is 13.0. The third-order valence-electron chi connectivity index (χ3n) is 8.77. The van der Waals surface area contributed by atoms with E-state index in [1.54, 1.807) is 30.5 Å². The number of hydrogen-bond donors (Lipinski definition) is 0. The highest BCUT2D eigenvalue weighted by Crippen LogP contribution is 2.30. The molecular formula is C44H43ClN4O4. The van der Waals surface area contributed by atoms with E-state index < -0.39 is 0 Å². The van der Waals surface area contributed by atoms with E-state index in [0.29, 0.717) is 43.5 Å². The van der Waals surface area contributed by atoms with E-state index in [-0.39, 0.29) is 18.3 Å². The van der Waals surface area contributed by atoms with Crippen LogP contribution in [0.3, 0.4) is 0 Å². The van der Waals surface area contributed by atoms with Gasteiger partial charge in [0.15, 0.2) is 0 Å². The molecule has 1 aromatic heterocycles. The van der Waals surface area contributed by atoms with Gasteiger partial charge in [0.05, 0.1) is 17.8 Å². The molecule has 9 heteroatoms. The van der Waals surface area contributed by atoms with Crippen molar-refractivity contribution in [2.24, 2.45) is 0 Å². The number of pyridine rings is 1. The summed E-state index contributed by atoms with van der Waals surface area (Å²) < 4.78 is 17.7. The highest BCUT2D eigenvalue weighted by molar-refractivity contribution is 5.92. The Morgan fingerprint density at radius 2 is 1.49 bits per heavy atom. The summed E-state index contributed by atoms with van der Waals surface area (Å²) in [5, 5.41) is 8.96. The second kappa shape index (κ2) is 19.1. The van der Waals surface area contributed by atoms with Crippen LogP contribution in [0.15, 0.2) is 121 Å². The highest BCUT2D eigenvalue weighted by atomic mass is 35.5. The number of nitriles is 1. The van der Waals surface area contributed by atoms with Gasteiger partial charge in [0.1, 0.15) is 30.5 Å². The first-order chi connectivity index (χ1) is 25.4. The minimum Gasteiger partial charge on any atom is -0.490 e. The maximum Gasteiger partial charge on any atom is 0.246 e. The van der Waals surface area contributed by atoms with Crippen molar-refractivity contribution in [1.82, 2.24) is 14.8 Å². The van der Waals surface area contributed by atoms with Crippen LogP contribution in [0, 0.1) is 25.2 Å². The first-order valence-electron chi connectivity index (χ1n) is 17.4. The number of hydrogen-bond acceptors (Lipinski definition) is 7. The van der Waals surface area contributed by atoms with Crippen molar-refractivity contribution < 1.29 is 19.0 Å². The number of rotatable bonds is 13. The van der Waals surface area contributed by atoms with Crippen LogP contribution in [0.1, 0.15) is 38.9 Å². The minimum atomic E-state index is 0. The lowest BCUT2D eigenvalue weighted by Gasteiger charge is -2.34. The van der Waals surface area contributed by atoms with Crippen LogP contribution in [0.5, 0.6) is 23.1 Å². The Bertz CT molecular complexity index is 2010. The van der Waals surface area contributed by atoms with Gasteiger partial charge in [-0.3, -0.25) is 9.69 Å². The van der Waals surface area contributed by atoms with Crippen LogP contribution in [0.2, 0.25) is 0 Å². The Kier molecular flexibility index (Phi) is 13.8. The van der Waals surface area contributed by atoms with Crippen molar-refractivity contribution in [3.8, 4) is 29.2 Å². The van der Waals surface area contributed by atoms with Gasteiger partial charge in [-0.15, -0.1) is 12.4 Å². The zero-order chi connectivity index (χ0) is 36.1. The molecule has 0 N–H and O–H groups in total. The topological polar surface area (TPSA) is 87.9 Å². The van der Waals surface area contributed by atoms with Crippen molar-refractivity contribution >= 4 is 30.5 Å². The van der Waals surface area contributed by atoms with E-state index in [2.05, 4.69) is 46.3 Å². The fourth-order valence-electron chi connectivity index (χ4n) is 5.94. The molecule has 0 bridgehead atoms. The Morgan fingerprint density at radius 1 is 0.792 bits per heavy atom. The van der Waals surface area contributed by atoms with Crippen molar-refractivity contribution in [3.05, 3.63) is 160 Å². The summed E-state index contributed by atoms with van der Waals surface area (Å²) in [6.45, 7) is 8.80. The van der Waals surface area contributed by atoms with Gasteiger partial charge >= 0.3 is 0 Å². The number of benzene rings is 4. The van der Waals surface area contributed by atoms with Crippen LogP contribution < -0.4 is 14.2 Å². The molecule has 6 rings (SSSR count). The summed E-state index contributed by atoms with van der Waals surface area (Å²) in [5.74, 6) is 2.71. The predicted molar refractivity (Wildman–Crippen MR) is 211 cm³/mol. The monoisotopic (exact) mass is 726 g/mol. The molecule has 1 fully saturated rings. The lowest BCUT2D eigenvalue weighted by molar-refractivity contribution is -0.127. The van der Waals surface area contributed by atoms with Gasteiger partial charge in [-0.1, -0.05) is 60.7 Å². The number of aryl methyl sites for hydroxylation is 2. The van der Waals surface area contributed by atoms with E-state index >= 15 is 0 Å². The van der Waals surface area contributed by atoms with Gasteiger partial charge < -0.3 is 19.1 Å². The standard InChI is InChI=1S/C44H42N4O4.ClH/c1-33-27-39(28-34(2)44(33)52-42-20-19-41(30-46-42)51-32-38-16-12-36(29-45)13-17-38)18-21-43(49)48-24-22-47(23-25-48)31-37-14-10-35(11-15-37)7-6-26-50-40-8-4-3-5-9-40;/h3-21,27-28,30H,22-26,31-32H2,1-2H3;1H/b7-6+,21-18+;. The molecule has 0 spiro atoms. The summed E-state index contributed by atoms with van der Waals surface area (Å²) in [7, 11) is 0. The Balaban J connectivity index is 0.00000541. The fourth-order valence-corrected chi connectivity index (χ4v) is 5.94. The molecule has 0 aliphatic carbocycles. The highest BCUT2D eigenvalue weighted by Gasteiger charge is 2.20. The Hall–Kier alpha value is -5.88. The molecule has 0 unspecified atom stereocenters. The molecule has 1 amide bonds. The average Bonchev–Trinajstić information content (AvgIpc) is 3.18. The number of para-hydroxylation sites is 1. The second-order valence-electron chi connectivity index (χ2n) is 12.7. The van der Waals surface area contributed by atoms with E-state index in [4.69, 9.17) is 19.5 Å². The van der Waals surface area contributed by atoms with Gasteiger partial charge in [0, 0.05) is 44.9 Å². The SMILES string of the molecule is Cc1cc(/C=C/C(=O)N2CCN(Cc3ccc(/C=C/COc4ccccc4)cc3)CC2)cc(C)c1Oc1ccc(OCc2ccc(C#N)cc2)cn1.Cl. The first kappa shape index (κ1) is 38.4. The number of carbonyl (C=O) groups excluding carboxylic acids is 1. The van der Waals surface area contributed by atoms with Crippen LogP contribution >= 0.6 is 12.4 Å². The van der Waals surface area contributed by atoms with Crippen molar-refractivity contribution in [1.29, 1.82) is 5.26 Å². The molecule has 1 aliphatic heterocycles. The number of nitrogens with zero attached hydrogens (tertiary/aromatic N) is 4. The van der Waals surface area contributed by atoms with Gasteiger partial charge in [0.2, 0.25) is 11.8 Å². The summed E-state index contributed by atoms with van der Waals surface area (Å²) in [4.78, 5) is 21.8. The molecule has 8 nitrogen and oxygen atoms in total. The maximum atomic E-state index is 13.1. The summed E-state index contributed by atoms with van der Waals surface area (Å²) in [6.07, 6.45) is 9.27. The molecule has 4 aromatic carbocycles. The molecule has 2 heterocycles. The molecule has 1 saturated heterocycles. The Labute approximate surface area is 318 Å². The zero-order valence-corrected chi connectivity index (χ0v) is 30.8. The molecule has 0 radical (unpaired) electrons. The van der Waals surface area contributed by atoms with Gasteiger partial charge in [-0.2, -0.15) is 5.26 Å². The third-order valence-corrected chi connectivity index (χ3v) is 8.77. The van der Waals surface area contributed by atoms with E-state index in [9.17, 15) is 4.79 Å². The summed E-state index contributed by atoms with van der Waals surface area (Å²) >= 11 is 0. The molecule has 5 aromatic rings. The van der Waals surface area contributed by atoms with Crippen LogP contribution in [-0.4, -0.2) is 53.5 Å². The number of amides is 1. The maximum absolute atomic E-state index is 13.1. The van der Waals surface area contributed by atoms with Gasteiger partial charge in [0.25, 0.3) is 0 Å². The fraction of sp³-hybridized carbons (Fsp3) is 0.205. The lowest BCUT2D eigenvalue weighted by Crippen LogP contribution is -2.47. The molecular weight excluding hydrogens is 684 g/mol. The number of halogens is 1. The summed E-state index contributed by atoms with van der Waals surface area (Å²) in [5.41, 5.74) is 6.82. The average molecular weight is 727 g/mol.